The molecule has 0 saturated heterocycles. The van der Waals surface area contributed by atoms with Crippen molar-refractivity contribution >= 4 is 36.0 Å². The van der Waals surface area contributed by atoms with Gasteiger partial charge in [0.25, 0.3) is 5.91 Å². The Hall–Kier alpha value is -1.24. The van der Waals surface area contributed by atoms with Crippen molar-refractivity contribution < 1.29 is 9.59 Å². The average molecular weight is 346 g/mol. The minimum atomic E-state index is -0.481. The third kappa shape index (κ3) is 7.68. The topological polar surface area (TPSA) is 84.2 Å². The number of aryl methyl sites for hydroxylation is 1. The van der Waals surface area contributed by atoms with Gasteiger partial charge in [-0.1, -0.05) is 17.7 Å². The quantitative estimate of drug-likeness (QED) is 0.621. The summed E-state index contributed by atoms with van der Waals surface area (Å²) < 4.78 is 0. The molecule has 5 nitrogen and oxygen atoms in total. The van der Waals surface area contributed by atoms with Crippen LogP contribution in [-0.2, 0) is 4.79 Å². The first kappa shape index (κ1) is 20.8. The van der Waals surface area contributed by atoms with Gasteiger partial charge in [-0.2, -0.15) is 11.8 Å². The zero-order chi connectivity index (χ0) is 15.7. The molecule has 4 N–H and O–H groups in total. The summed E-state index contributed by atoms with van der Waals surface area (Å²) in [6.07, 6.45) is 2.63. The van der Waals surface area contributed by atoms with Crippen LogP contribution in [0.15, 0.2) is 24.3 Å². The predicted octanol–water partition coefficient (Wildman–Crippen LogP) is 1.34. The normalized spacial score (nSPS) is 11.2. The molecule has 1 atom stereocenters. The first-order valence-corrected chi connectivity index (χ1v) is 8.31. The largest absolute Gasteiger partial charge is 0.353 e. The Balaban J connectivity index is 0.00000441. The van der Waals surface area contributed by atoms with E-state index < -0.39 is 6.04 Å². The van der Waals surface area contributed by atoms with E-state index in [-0.39, 0.29) is 24.2 Å². The van der Waals surface area contributed by atoms with Crippen molar-refractivity contribution in [3.05, 3.63) is 35.4 Å². The number of nitrogens with one attached hydrogen (secondary N) is 2. The van der Waals surface area contributed by atoms with E-state index in [2.05, 4.69) is 10.6 Å². The third-order valence-corrected chi connectivity index (χ3v) is 3.64. The van der Waals surface area contributed by atoms with Crippen molar-refractivity contribution in [1.29, 1.82) is 0 Å². The van der Waals surface area contributed by atoms with Gasteiger partial charge in [0.2, 0.25) is 5.91 Å². The number of carbonyl (C=O) groups excluding carboxylic acids is 2. The monoisotopic (exact) mass is 345 g/mol. The van der Waals surface area contributed by atoms with Gasteiger partial charge in [-0.3, -0.25) is 9.59 Å². The van der Waals surface area contributed by atoms with Gasteiger partial charge >= 0.3 is 0 Å². The molecule has 22 heavy (non-hydrogen) atoms. The molecule has 124 valence electrons. The molecule has 0 spiro atoms. The molecule has 1 rings (SSSR count). The van der Waals surface area contributed by atoms with Gasteiger partial charge in [-0.15, -0.1) is 12.4 Å². The summed E-state index contributed by atoms with van der Waals surface area (Å²) in [6, 6.07) is 6.86. The van der Waals surface area contributed by atoms with Gasteiger partial charge < -0.3 is 16.4 Å². The molecule has 1 aromatic rings. The van der Waals surface area contributed by atoms with E-state index >= 15 is 0 Å². The van der Waals surface area contributed by atoms with Crippen LogP contribution in [0.1, 0.15) is 22.3 Å². The molecule has 0 saturated carbocycles. The molecule has 0 aromatic heterocycles. The fourth-order valence-electron chi connectivity index (χ4n) is 1.68. The Labute approximate surface area is 142 Å². The summed E-state index contributed by atoms with van der Waals surface area (Å²) in [5.74, 6) is 0.545. The lowest BCUT2D eigenvalue weighted by atomic mass is 10.1. The predicted molar refractivity (Wildman–Crippen MR) is 94.7 cm³/mol. The van der Waals surface area contributed by atoms with Crippen LogP contribution in [0.3, 0.4) is 0 Å². The Morgan fingerprint density at radius 1 is 1.18 bits per heavy atom. The minimum absolute atomic E-state index is 0. The van der Waals surface area contributed by atoms with Crippen molar-refractivity contribution in [2.75, 3.05) is 25.1 Å². The van der Waals surface area contributed by atoms with Crippen LogP contribution >= 0.6 is 24.2 Å². The Morgan fingerprint density at radius 3 is 2.36 bits per heavy atom. The smallest absolute Gasteiger partial charge is 0.251 e. The SMILES string of the molecule is CSCC[C@H](N)C(=O)NCCNC(=O)c1ccc(C)cc1.Cl. The van der Waals surface area contributed by atoms with E-state index in [9.17, 15) is 9.59 Å². The number of nitrogens with two attached hydrogens (primary N) is 1. The minimum Gasteiger partial charge on any atom is -0.353 e. The van der Waals surface area contributed by atoms with Crippen LogP contribution in [0, 0.1) is 6.92 Å². The summed E-state index contributed by atoms with van der Waals surface area (Å²) in [5, 5.41) is 5.48. The lowest BCUT2D eigenvalue weighted by Gasteiger charge is -2.12. The zero-order valence-corrected chi connectivity index (χ0v) is 14.6. The second kappa shape index (κ2) is 11.3. The number of amides is 2. The number of hydrogen-bond acceptors (Lipinski definition) is 4. The summed E-state index contributed by atoms with van der Waals surface area (Å²) in [6.45, 7) is 2.73. The van der Waals surface area contributed by atoms with Crippen LogP contribution < -0.4 is 16.4 Å². The van der Waals surface area contributed by atoms with Crippen molar-refractivity contribution in [2.45, 2.75) is 19.4 Å². The standard InChI is InChI=1S/C15H23N3O2S.ClH/c1-11-3-5-12(6-4-11)14(19)17-8-9-18-15(20)13(16)7-10-21-2;/h3-6,13H,7-10,16H2,1-2H3,(H,17,19)(H,18,20);1H/t13-;/m0./s1. The van der Waals surface area contributed by atoms with Gasteiger partial charge in [0.15, 0.2) is 0 Å². The maximum atomic E-state index is 11.8. The van der Waals surface area contributed by atoms with Crippen LogP contribution in [-0.4, -0.2) is 43.0 Å². The van der Waals surface area contributed by atoms with Crippen LogP contribution in [0.2, 0.25) is 0 Å². The van der Waals surface area contributed by atoms with E-state index in [0.717, 1.165) is 11.3 Å². The average Bonchev–Trinajstić information content (AvgIpc) is 2.49. The Morgan fingerprint density at radius 2 is 1.77 bits per heavy atom. The second-order valence-electron chi connectivity index (χ2n) is 4.80. The molecule has 0 heterocycles. The van der Waals surface area contributed by atoms with Crippen LogP contribution in [0.5, 0.6) is 0 Å². The number of carbonyl (C=O) groups is 2. The van der Waals surface area contributed by atoms with Crippen molar-refractivity contribution in [1.82, 2.24) is 10.6 Å². The maximum absolute atomic E-state index is 11.8. The van der Waals surface area contributed by atoms with Gasteiger partial charge in [0.1, 0.15) is 0 Å². The molecule has 1 aromatic carbocycles. The highest BCUT2D eigenvalue weighted by Gasteiger charge is 2.12. The molecule has 0 bridgehead atoms. The summed E-state index contributed by atoms with van der Waals surface area (Å²) in [5.41, 5.74) is 7.46. The Bertz CT molecular complexity index is 468. The van der Waals surface area contributed by atoms with Gasteiger partial charge in [0, 0.05) is 18.7 Å². The van der Waals surface area contributed by atoms with E-state index in [1.165, 1.54) is 0 Å². The van der Waals surface area contributed by atoms with Crippen molar-refractivity contribution in [3.63, 3.8) is 0 Å². The second-order valence-corrected chi connectivity index (χ2v) is 5.79. The van der Waals surface area contributed by atoms with E-state index in [1.807, 2.05) is 25.3 Å². The first-order chi connectivity index (χ1) is 10.0. The van der Waals surface area contributed by atoms with E-state index in [1.54, 1.807) is 23.9 Å². The summed E-state index contributed by atoms with van der Waals surface area (Å²) >= 11 is 1.66. The molecular formula is C15H24ClN3O2S. The van der Waals surface area contributed by atoms with Crippen LogP contribution in [0.4, 0.5) is 0 Å². The number of halogens is 1. The highest BCUT2D eigenvalue weighted by Crippen LogP contribution is 2.02. The fraction of sp³-hybridized carbons (Fsp3) is 0.467. The molecule has 0 radical (unpaired) electrons. The lowest BCUT2D eigenvalue weighted by molar-refractivity contribution is -0.122. The van der Waals surface area contributed by atoms with Crippen molar-refractivity contribution in [3.8, 4) is 0 Å². The zero-order valence-electron chi connectivity index (χ0n) is 12.9. The van der Waals surface area contributed by atoms with Gasteiger partial charge in [-0.25, -0.2) is 0 Å². The van der Waals surface area contributed by atoms with E-state index in [4.69, 9.17) is 5.73 Å². The molecule has 0 fully saturated rings. The highest BCUT2D eigenvalue weighted by atomic mass is 35.5. The molecular weight excluding hydrogens is 322 g/mol. The molecule has 7 heteroatoms. The lowest BCUT2D eigenvalue weighted by Crippen LogP contribution is -2.43. The van der Waals surface area contributed by atoms with Gasteiger partial charge in [0.05, 0.1) is 6.04 Å². The van der Waals surface area contributed by atoms with Crippen LogP contribution in [0.25, 0.3) is 0 Å². The highest BCUT2D eigenvalue weighted by molar-refractivity contribution is 7.98. The molecule has 0 unspecified atom stereocenters. The number of hydrogen-bond donors (Lipinski definition) is 3. The number of thioether (sulfide) groups is 1. The third-order valence-electron chi connectivity index (χ3n) is 2.99. The van der Waals surface area contributed by atoms with Gasteiger partial charge in [-0.05, 0) is 37.5 Å². The first-order valence-electron chi connectivity index (χ1n) is 6.91. The molecule has 0 aliphatic carbocycles. The molecule has 0 aliphatic rings. The summed E-state index contributed by atoms with van der Waals surface area (Å²) in [7, 11) is 0. The summed E-state index contributed by atoms with van der Waals surface area (Å²) in [4.78, 5) is 23.5. The molecule has 0 aliphatic heterocycles. The molecule has 2 amide bonds. The maximum Gasteiger partial charge on any atom is 0.251 e. The fourth-order valence-corrected chi connectivity index (χ4v) is 2.17. The number of benzene rings is 1. The number of rotatable bonds is 8. The Kier molecular flexibility index (Phi) is 10.7. The van der Waals surface area contributed by atoms with E-state index in [0.29, 0.717) is 25.1 Å². The van der Waals surface area contributed by atoms with Crippen molar-refractivity contribution in [2.24, 2.45) is 5.73 Å².